The topological polar surface area (TPSA) is 69.2 Å². The van der Waals surface area contributed by atoms with Gasteiger partial charge in [0.25, 0.3) is 5.69 Å². The molecule has 4 nitrogen and oxygen atoms in total. The number of nitrogens with two attached hydrogens (primary N) is 1. The van der Waals surface area contributed by atoms with E-state index >= 15 is 0 Å². The van der Waals surface area contributed by atoms with Crippen molar-refractivity contribution in [3.8, 4) is 0 Å². The lowest BCUT2D eigenvalue weighted by Crippen LogP contribution is -2.28. The first-order valence-electron chi connectivity index (χ1n) is 5.30. The molecule has 0 heterocycles. The normalized spacial score (nSPS) is 13.5. The highest BCUT2D eigenvalue weighted by atomic mass is 19.4. The predicted octanol–water partition coefficient (Wildman–Crippen LogP) is 3.31. The first kappa shape index (κ1) is 13.3. The molecule has 0 aliphatic carbocycles. The zero-order valence-electron chi connectivity index (χ0n) is 9.52. The van der Waals surface area contributed by atoms with Gasteiger partial charge in [-0.15, -0.1) is 0 Å². The van der Waals surface area contributed by atoms with Crippen molar-refractivity contribution in [2.24, 2.45) is 5.73 Å². The maximum Gasteiger partial charge on any atom is 0.407 e. The lowest BCUT2D eigenvalue weighted by atomic mass is 10.0. The third-order valence-corrected chi connectivity index (χ3v) is 2.77. The minimum atomic E-state index is -4.64. The molecule has 0 saturated heterocycles. The summed E-state index contributed by atoms with van der Waals surface area (Å²) in [6, 6.07) is 6.02. The van der Waals surface area contributed by atoms with Gasteiger partial charge in [-0.3, -0.25) is 10.1 Å². The van der Waals surface area contributed by atoms with Crippen LogP contribution in [0.25, 0.3) is 10.8 Å². The Labute approximate surface area is 105 Å². The molecule has 0 saturated carbocycles. The molecule has 0 aliphatic heterocycles. The standard InChI is InChI=1S/C12H9F3N2O2/c13-12(14,15)11(16)8-5-7-3-1-2-4-9(7)10(6-8)17(18)19/h1-6,11H,16H2/t11-/m0/s1. The molecule has 0 radical (unpaired) electrons. The summed E-state index contributed by atoms with van der Waals surface area (Å²) in [6.07, 6.45) is -4.64. The van der Waals surface area contributed by atoms with Crippen molar-refractivity contribution in [3.05, 3.63) is 52.1 Å². The van der Waals surface area contributed by atoms with Gasteiger partial charge in [-0.05, 0) is 23.1 Å². The fourth-order valence-electron chi connectivity index (χ4n) is 1.83. The van der Waals surface area contributed by atoms with Gasteiger partial charge in [0.2, 0.25) is 0 Å². The Balaban J connectivity index is 2.68. The number of benzene rings is 2. The molecule has 0 unspecified atom stereocenters. The van der Waals surface area contributed by atoms with Gasteiger partial charge in [-0.1, -0.05) is 18.2 Å². The molecule has 100 valence electrons. The first-order chi connectivity index (χ1) is 8.80. The molecular weight excluding hydrogens is 261 g/mol. The molecule has 0 aromatic heterocycles. The number of non-ortho nitro benzene ring substituents is 1. The Morgan fingerprint density at radius 1 is 1.21 bits per heavy atom. The van der Waals surface area contributed by atoms with Gasteiger partial charge in [0, 0.05) is 6.07 Å². The first-order valence-corrected chi connectivity index (χ1v) is 5.30. The van der Waals surface area contributed by atoms with Crippen LogP contribution >= 0.6 is 0 Å². The van der Waals surface area contributed by atoms with E-state index in [1.54, 1.807) is 12.1 Å². The molecule has 19 heavy (non-hydrogen) atoms. The smallest absolute Gasteiger partial charge is 0.316 e. The number of fused-ring (bicyclic) bond motifs is 1. The molecule has 0 fully saturated rings. The molecule has 2 rings (SSSR count). The predicted molar refractivity (Wildman–Crippen MR) is 63.6 cm³/mol. The van der Waals surface area contributed by atoms with Crippen LogP contribution in [0.5, 0.6) is 0 Å². The fraction of sp³-hybridized carbons (Fsp3) is 0.167. The second-order valence-corrected chi connectivity index (χ2v) is 4.04. The Morgan fingerprint density at radius 3 is 2.42 bits per heavy atom. The fourth-order valence-corrected chi connectivity index (χ4v) is 1.83. The Morgan fingerprint density at radius 2 is 1.84 bits per heavy atom. The summed E-state index contributed by atoms with van der Waals surface area (Å²) in [7, 11) is 0. The molecule has 0 spiro atoms. The molecule has 2 N–H and O–H groups in total. The van der Waals surface area contributed by atoms with Crippen LogP contribution in [-0.4, -0.2) is 11.1 Å². The molecular formula is C12H9F3N2O2. The Kier molecular flexibility index (Phi) is 3.15. The van der Waals surface area contributed by atoms with Crippen LogP contribution in [-0.2, 0) is 0 Å². The van der Waals surface area contributed by atoms with Crippen molar-refractivity contribution in [2.45, 2.75) is 12.2 Å². The maximum absolute atomic E-state index is 12.6. The molecule has 2 aromatic carbocycles. The SMILES string of the molecule is N[C@@H](c1cc([N+](=O)[O-])c2ccccc2c1)C(F)(F)F. The number of hydrogen-bond acceptors (Lipinski definition) is 3. The second kappa shape index (κ2) is 4.51. The minimum absolute atomic E-state index is 0.283. The third-order valence-electron chi connectivity index (χ3n) is 2.77. The summed E-state index contributed by atoms with van der Waals surface area (Å²) in [6.45, 7) is 0. The van der Waals surface area contributed by atoms with Crippen molar-refractivity contribution in [2.75, 3.05) is 0 Å². The summed E-state index contributed by atoms with van der Waals surface area (Å²) in [5, 5.41) is 11.6. The highest BCUT2D eigenvalue weighted by molar-refractivity contribution is 5.91. The summed E-state index contributed by atoms with van der Waals surface area (Å²) in [5.74, 6) is 0. The molecule has 0 aliphatic rings. The van der Waals surface area contributed by atoms with Gasteiger partial charge in [-0.25, -0.2) is 0 Å². The van der Waals surface area contributed by atoms with Crippen LogP contribution in [0.1, 0.15) is 11.6 Å². The van der Waals surface area contributed by atoms with E-state index in [0.717, 1.165) is 6.07 Å². The summed E-state index contributed by atoms with van der Waals surface area (Å²) < 4.78 is 37.7. The molecule has 1 atom stereocenters. The largest absolute Gasteiger partial charge is 0.407 e. The lowest BCUT2D eigenvalue weighted by molar-refractivity contribution is -0.383. The van der Waals surface area contributed by atoms with Crippen LogP contribution in [0.4, 0.5) is 18.9 Å². The number of nitrogens with zero attached hydrogens (tertiary/aromatic N) is 1. The summed E-state index contributed by atoms with van der Waals surface area (Å²) in [5.41, 5.74) is 4.38. The lowest BCUT2D eigenvalue weighted by Gasteiger charge is -2.16. The van der Waals surface area contributed by atoms with E-state index in [1.165, 1.54) is 18.2 Å². The van der Waals surface area contributed by atoms with E-state index in [9.17, 15) is 23.3 Å². The Hall–Kier alpha value is -2.15. The van der Waals surface area contributed by atoms with E-state index in [2.05, 4.69) is 0 Å². The van der Waals surface area contributed by atoms with Crippen LogP contribution < -0.4 is 5.73 Å². The maximum atomic E-state index is 12.6. The van der Waals surface area contributed by atoms with E-state index in [1.807, 2.05) is 0 Å². The van der Waals surface area contributed by atoms with Gasteiger partial charge in [0.15, 0.2) is 0 Å². The average molecular weight is 270 g/mol. The van der Waals surface area contributed by atoms with Crippen molar-refractivity contribution in [1.82, 2.24) is 0 Å². The number of rotatable bonds is 2. The second-order valence-electron chi connectivity index (χ2n) is 4.04. The third kappa shape index (κ3) is 2.50. The Bertz CT molecular complexity index is 640. The number of alkyl halides is 3. The van der Waals surface area contributed by atoms with Crippen molar-refractivity contribution in [1.29, 1.82) is 0 Å². The van der Waals surface area contributed by atoms with E-state index in [-0.39, 0.29) is 16.6 Å². The zero-order valence-corrected chi connectivity index (χ0v) is 9.52. The minimum Gasteiger partial charge on any atom is -0.316 e. The van der Waals surface area contributed by atoms with Gasteiger partial charge in [-0.2, -0.15) is 13.2 Å². The highest BCUT2D eigenvalue weighted by Crippen LogP contribution is 2.35. The van der Waals surface area contributed by atoms with Gasteiger partial charge >= 0.3 is 6.18 Å². The van der Waals surface area contributed by atoms with Gasteiger partial charge in [0.05, 0.1) is 10.3 Å². The number of nitro groups is 1. The van der Waals surface area contributed by atoms with Crippen LogP contribution in [0.3, 0.4) is 0 Å². The van der Waals surface area contributed by atoms with Crippen LogP contribution in [0, 0.1) is 10.1 Å². The molecule has 7 heteroatoms. The molecule has 2 aromatic rings. The zero-order chi connectivity index (χ0) is 14.2. The quantitative estimate of drug-likeness (QED) is 0.672. The van der Waals surface area contributed by atoms with Gasteiger partial charge in [0.1, 0.15) is 6.04 Å². The summed E-state index contributed by atoms with van der Waals surface area (Å²) >= 11 is 0. The van der Waals surface area contributed by atoms with E-state index < -0.39 is 17.1 Å². The van der Waals surface area contributed by atoms with Crippen LogP contribution in [0.15, 0.2) is 36.4 Å². The summed E-state index contributed by atoms with van der Waals surface area (Å²) in [4.78, 5) is 10.2. The number of halogens is 3. The number of nitro benzene ring substituents is 1. The molecule has 0 bridgehead atoms. The van der Waals surface area contributed by atoms with Crippen molar-refractivity contribution in [3.63, 3.8) is 0 Å². The average Bonchev–Trinajstić information content (AvgIpc) is 2.35. The van der Waals surface area contributed by atoms with Crippen molar-refractivity contribution < 1.29 is 18.1 Å². The number of hydrogen-bond donors (Lipinski definition) is 1. The monoisotopic (exact) mass is 270 g/mol. The van der Waals surface area contributed by atoms with Gasteiger partial charge < -0.3 is 5.73 Å². The molecule has 0 amide bonds. The van der Waals surface area contributed by atoms with Crippen molar-refractivity contribution >= 4 is 16.5 Å². The highest BCUT2D eigenvalue weighted by Gasteiger charge is 2.38. The van der Waals surface area contributed by atoms with Crippen LogP contribution in [0.2, 0.25) is 0 Å². The van der Waals surface area contributed by atoms with E-state index in [4.69, 9.17) is 5.73 Å². The van der Waals surface area contributed by atoms with E-state index in [0.29, 0.717) is 5.39 Å².